The van der Waals surface area contributed by atoms with Crippen LogP contribution >= 0.6 is 11.3 Å². The van der Waals surface area contributed by atoms with E-state index < -0.39 is 6.10 Å². The molecule has 6 N–H and O–H groups in total. The summed E-state index contributed by atoms with van der Waals surface area (Å²) in [5, 5.41) is 13.1. The molecule has 186 valence electrons. The molecule has 0 aliphatic carbocycles. The van der Waals surface area contributed by atoms with Crippen molar-refractivity contribution in [2.75, 3.05) is 37.7 Å². The Hall–Kier alpha value is -3.28. The monoisotopic (exact) mass is 497 g/mol. The molecule has 0 radical (unpaired) electrons. The molecule has 0 spiro atoms. The summed E-state index contributed by atoms with van der Waals surface area (Å²) in [6.45, 7) is 4.82. The zero-order valence-corrected chi connectivity index (χ0v) is 20.5. The van der Waals surface area contributed by atoms with Gasteiger partial charge >= 0.3 is 0 Å². The number of thiazole rings is 1. The number of aliphatic hydroxyl groups is 1. The van der Waals surface area contributed by atoms with Crippen LogP contribution in [0.5, 0.6) is 5.88 Å². The maximum absolute atomic E-state index is 12.7. The third-order valence-corrected chi connectivity index (χ3v) is 6.94. The Morgan fingerprint density at radius 2 is 2.11 bits per heavy atom. The molecule has 1 atom stereocenters. The third kappa shape index (κ3) is 6.44. The highest BCUT2D eigenvalue weighted by molar-refractivity contribution is 7.14. The number of carbonyl (C=O) groups excluding carboxylic acids is 1. The number of pyridine rings is 2. The van der Waals surface area contributed by atoms with E-state index in [4.69, 9.17) is 16.2 Å². The number of likely N-dealkylation sites (tertiary alicyclic amines) is 1. The number of aromatic nitrogens is 3. The van der Waals surface area contributed by atoms with Crippen molar-refractivity contribution >= 4 is 28.6 Å². The van der Waals surface area contributed by atoms with Crippen LogP contribution in [0.2, 0.25) is 0 Å². The lowest BCUT2D eigenvalue weighted by Crippen LogP contribution is -2.38. The fourth-order valence-electron chi connectivity index (χ4n) is 3.87. The van der Waals surface area contributed by atoms with Gasteiger partial charge < -0.3 is 26.6 Å². The normalized spacial score (nSPS) is 15.6. The van der Waals surface area contributed by atoms with Gasteiger partial charge in [-0.15, -0.1) is 11.3 Å². The maximum Gasteiger partial charge on any atom is 0.270 e. The van der Waals surface area contributed by atoms with Crippen molar-refractivity contribution in [2.24, 2.45) is 5.92 Å². The van der Waals surface area contributed by atoms with Gasteiger partial charge in [-0.25, -0.2) is 9.97 Å². The zero-order valence-electron chi connectivity index (χ0n) is 19.7. The molecule has 1 amide bonds. The van der Waals surface area contributed by atoms with Crippen LogP contribution in [0.25, 0.3) is 10.7 Å². The van der Waals surface area contributed by atoms with Crippen molar-refractivity contribution < 1.29 is 14.6 Å². The van der Waals surface area contributed by atoms with Gasteiger partial charge in [0.15, 0.2) is 0 Å². The standard InChI is InChI=1S/C24H31N7O3S/c1-15(14-32)34-23-21(26)18(25)10-20(30-23)22(33)28-11-16-5-8-31(9-6-16)13-17-12-29-24(35-17)19-4-2-3-7-27-19/h2-4,7,10,12,15-16,32H,5-6,8-9,11,13-14,26H2,1H3,(H2,25,30)(H,28,33)/t15-/m0/s1. The molecule has 35 heavy (non-hydrogen) atoms. The zero-order chi connectivity index (χ0) is 24.8. The van der Waals surface area contributed by atoms with Crippen LogP contribution < -0.4 is 21.5 Å². The summed E-state index contributed by atoms with van der Waals surface area (Å²) in [6.07, 6.45) is 5.19. The largest absolute Gasteiger partial charge is 0.471 e. The minimum atomic E-state index is -0.515. The number of amides is 1. The van der Waals surface area contributed by atoms with Gasteiger partial charge in [0.1, 0.15) is 22.5 Å². The molecule has 1 fully saturated rings. The average Bonchev–Trinajstić information content (AvgIpc) is 3.35. The Morgan fingerprint density at radius 3 is 2.83 bits per heavy atom. The molecular weight excluding hydrogens is 466 g/mol. The van der Waals surface area contributed by atoms with Crippen LogP contribution in [0.4, 0.5) is 11.4 Å². The minimum absolute atomic E-state index is 0.0549. The second-order valence-corrected chi connectivity index (χ2v) is 9.82. The third-order valence-electron chi connectivity index (χ3n) is 5.93. The molecule has 0 bridgehead atoms. The van der Waals surface area contributed by atoms with Crippen LogP contribution in [-0.4, -0.2) is 63.2 Å². The van der Waals surface area contributed by atoms with Gasteiger partial charge in [-0.2, -0.15) is 0 Å². The van der Waals surface area contributed by atoms with Crippen LogP contribution in [0.15, 0.2) is 36.7 Å². The van der Waals surface area contributed by atoms with Crippen molar-refractivity contribution in [3.8, 4) is 16.6 Å². The van der Waals surface area contributed by atoms with Gasteiger partial charge in [-0.1, -0.05) is 6.07 Å². The summed E-state index contributed by atoms with van der Waals surface area (Å²) in [7, 11) is 0. The number of rotatable bonds is 9. The molecule has 1 aliphatic heterocycles. The van der Waals surface area contributed by atoms with E-state index in [1.807, 2.05) is 24.4 Å². The number of nitrogens with two attached hydrogens (primary N) is 2. The van der Waals surface area contributed by atoms with Crippen LogP contribution in [0, 0.1) is 5.92 Å². The van der Waals surface area contributed by atoms with Gasteiger partial charge in [0.05, 0.1) is 18.0 Å². The second kappa shape index (κ2) is 11.4. The van der Waals surface area contributed by atoms with Crippen LogP contribution in [-0.2, 0) is 6.54 Å². The molecule has 0 aromatic carbocycles. The predicted octanol–water partition coefficient (Wildman–Crippen LogP) is 2.17. The summed E-state index contributed by atoms with van der Waals surface area (Å²) >= 11 is 1.68. The highest BCUT2D eigenvalue weighted by Gasteiger charge is 2.22. The summed E-state index contributed by atoms with van der Waals surface area (Å²) in [6, 6.07) is 7.28. The molecule has 0 unspecified atom stereocenters. The van der Waals surface area contributed by atoms with E-state index in [9.17, 15) is 9.90 Å². The van der Waals surface area contributed by atoms with Crippen molar-refractivity contribution in [1.29, 1.82) is 0 Å². The van der Waals surface area contributed by atoms with Gasteiger partial charge in [-0.05, 0) is 57.0 Å². The molecule has 10 nitrogen and oxygen atoms in total. The van der Waals surface area contributed by atoms with Gasteiger partial charge in [0.25, 0.3) is 5.91 Å². The molecule has 3 aromatic rings. The number of ether oxygens (including phenoxy) is 1. The quantitative estimate of drug-likeness (QED) is 0.348. The average molecular weight is 498 g/mol. The Bertz CT molecular complexity index is 1130. The number of nitrogens with one attached hydrogen (secondary N) is 1. The van der Waals surface area contributed by atoms with Gasteiger partial charge in [-0.3, -0.25) is 14.7 Å². The maximum atomic E-state index is 12.7. The molecule has 1 saturated heterocycles. The van der Waals surface area contributed by atoms with E-state index in [-0.39, 0.29) is 35.5 Å². The Morgan fingerprint density at radius 1 is 1.31 bits per heavy atom. The first-order valence-corrected chi connectivity index (χ1v) is 12.4. The van der Waals surface area contributed by atoms with Gasteiger partial charge in [0.2, 0.25) is 5.88 Å². The Labute approximate surface area is 208 Å². The highest BCUT2D eigenvalue weighted by atomic mass is 32.1. The number of carbonyl (C=O) groups is 1. The molecule has 11 heteroatoms. The fourth-order valence-corrected chi connectivity index (χ4v) is 4.80. The lowest BCUT2D eigenvalue weighted by Gasteiger charge is -2.31. The summed E-state index contributed by atoms with van der Waals surface area (Å²) < 4.78 is 5.49. The second-order valence-electron chi connectivity index (χ2n) is 8.70. The molecule has 0 saturated carbocycles. The van der Waals surface area contributed by atoms with Crippen LogP contribution in [0.3, 0.4) is 0 Å². The van der Waals surface area contributed by atoms with Crippen molar-refractivity contribution in [2.45, 2.75) is 32.4 Å². The van der Waals surface area contributed by atoms with Crippen molar-refractivity contribution in [3.63, 3.8) is 0 Å². The smallest absolute Gasteiger partial charge is 0.270 e. The first-order chi connectivity index (χ1) is 16.9. The molecule has 1 aliphatic rings. The molecule has 4 heterocycles. The lowest BCUT2D eigenvalue weighted by atomic mass is 9.96. The number of hydrogen-bond donors (Lipinski definition) is 4. The summed E-state index contributed by atoms with van der Waals surface area (Å²) in [4.78, 5) is 29.4. The van der Waals surface area contributed by atoms with E-state index in [0.29, 0.717) is 12.5 Å². The number of hydrogen-bond acceptors (Lipinski definition) is 10. The first kappa shape index (κ1) is 24.8. The topological polar surface area (TPSA) is 153 Å². The van der Waals surface area contributed by atoms with E-state index in [1.54, 1.807) is 24.5 Å². The summed E-state index contributed by atoms with van der Waals surface area (Å²) in [5.41, 5.74) is 13.2. The van der Waals surface area contributed by atoms with E-state index in [2.05, 4.69) is 25.2 Å². The van der Waals surface area contributed by atoms with E-state index >= 15 is 0 Å². The molecular formula is C24H31N7O3S. The first-order valence-electron chi connectivity index (χ1n) is 11.6. The Kier molecular flexibility index (Phi) is 8.11. The lowest BCUT2D eigenvalue weighted by molar-refractivity contribution is 0.0926. The van der Waals surface area contributed by atoms with Gasteiger partial charge in [0, 0.05) is 30.4 Å². The van der Waals surface area contributed by atoms with Crippen LogP contribution in [0.1, 0.15) is 35.1 Å². The fraction of sp³-hybridized carbons (Fsp3) is 0.417. The SMILES string of the molecule is C[C@@H](CO)Oc1nc(C(=O)NCC2CCN(Cc3cnc(-c4ccccn4)s3)CC2)cc(N)c1N. The summed E-state index contributed by atoms with van der Waals surface area (Å²) in [5.74, 6) is 0.114. The number of nitrogen functional groups attached to an aromatic ring is 2. The number of piperidine rings is 1. The minimum Gasteiger partial charge on any atom is -0.471 e. The van der Waals surface area contributed by atoms with Crippen molar-refractivity contribution in [1.82, 2.24) is 25.2 Å². The van der Waals surface area contributed by atoms with E-state index in [0.717, 1.165) is 43.2 Å². The molecule has 3 aromatic heterocycles. The van der Waals surface area contributed by atoms with Crippen molar-refractivity contribution in [3.05, 3.63) is 47.2 Å². The molecule has 4 rings (SSSR count). The number of anilines is 2. The predicted molar refractivity (Wildman–Crippen MR) is 136 cm³/mol. The van der Waals surface area contributed by atoms with E-state index in [1.165, 1.54) is 10.9 Å². The number of aliphatic hydroxyl groups excluding tert-OH is 1. The highest BCUT2D eigenvalue weighted by Crippen LogP contribution is 2.28. The Balaban J connectivity index is 1.25. The number of nitrogens with zero attached hydrogens (tertiary/aromatic N) is 4.